The zero-order valence-corrected chi connectivity index (χ0v) is 21.7. The summed E-state index contributed by atoms with van der Waals surface area (Å²) < 4.78 is 27.8. The molecular formula is C24H45N3O4S. The lowest BCUT2D eigenvalue weighted by atomic mass is 9.79. The van der Waals surface area contributed by atoms with E-state index in [-0.39, 0.29) is 23.0 Å². The Morgan fingerprint density at radius 2 is 1.41 bits per heavy atom. The van der Waals surface area contributed by atoms with Gasteiger partial charge in [-0.2, -0.15) is 4.31 Å². The van der Waals surface area contributed by atoms with Crippen LogP contribution in [0.4, 0.5) is 0 Å². The van der Waals surface area contributed by atoms with Crippen molar-refractivity contribution in [1.29, 1.82) is 0 Å². The molecule has 3 fully saturated rings. The van der Waals surface area contributed by atoms with E-state index in [0.29, 0.717) is 50.8 Å². The van der Waals surface area contributed by atoms with Gasteiger partial charge in [0.2, 0.25) is 15.9 Å². The van der Waals surface area contributed by atoms with Gasteiger partial charge >= 0.3 is 0 Å². The molecule has 3 aliphatic rings. The molecule has 0 bridgehead atoms. The Bertz CT molecular complexity index is 703. The molecule has 2 heterocycles. The van der Waals surface area contributed by atoms with Crippen LogP contribution in [0, 0.1) is 11.8 Å². The number of nitrogens with zero attached hydrogens (tertiary/aromatic N) is 3. The van der Waals surface area contributed by atoms with Crippen molar-refractivity contribution in [3.63, 3.8) is 0 Å². The molecule has 1 amide bonds. The Morgan fingerprint density at radius 3 is 1.88 bits per heavy atom. The molecule has 0 aromatic heterocycles. The summed E-state index contributed by atoms with van der Waals surface area (Å²) >= 11 is 0. The number of carbonyl (C=O) groups excluding carboxylic acids is 2. The Morgan fingerprint density at radius 1 is 0.875 bits per heavy atom. The Kier molecular flexibility index (Phi) is 10.6. The molecule has 0 aromatic rings. The Labute approximate surface area is 195 Å². The number of hydrogen-bond donors (Lipinski definition) is 0. The summed E-state index contributed by atoms with van der Waals surface area (Å²) in [5.74, 6) is 0.851. The molecule has 0 radical (unpaired) electrons. The minimum absolute atomic E-state index is 0.0278. The molecule has 0 N–H and O–H groups in total. The number of ketones is 1. The standard InChI is InChI=1S/C22H39N3O4S.C2H6/c1-4-17(2)22(27)19-5-7-20(8-6-19)24-13-15-25(16-14-24)30(28,29)21-9-11-23(12-10-21)18(3)26;1-2/h17,19-21H,4-16H2,1-3H3;1-2H3. The molecule has 3 rings (SSSR count). The summed E-state index contributed by atoms with van der Waals surface area (Å²) in [5.41, 5.74) is 0. The molecule has 1 unspecified atom stereocenters. The summed E-state index contributed by atoms with van der Waals surface area (Å²) in [6, 6.07) is 0.481. The van der Waals surface area contributed by atoms with Crippen LogP contribution in [-0.2, 0) is 19.6 Å². The van der Waals surface area contributed by atoms with E-state index in [2.05, 4.69) is 11.8 Å². The lowest BCUT2D eigenvalue weighted by Crippen LogP contribution is -2.55. The SMILES string of the molecule is CC.CCC(C)C(=O)C1CCC(N2CCN(S(=O)(=O)C3CCN(C(C)=O)CC3)CC2)CC1. The number of likely N-dealkylation sites (tertiary alicyclic amines) is 1. The minimum Gasteiger partial charge on any atom is -0.343 e. The van der Waals surface area contributed by atoms with E-state index in [1.807, 2.05) is 20.8 Å². The van der Waals surface area contributed by atoms with Gasteiger partial charge in [0.05, 0.1) is 5.25 Å². The molecule has 7 nitrogen and oxygen atoms in total. The fourth-order valence-corrected chi connectivity index (χ4v) is 7.23. The average Bonchev–Trinajstić information content (AvgIpc) is 2.84. The van der Waals surface area contributed by atoms with Crippen LogP contribution in [0.15, 0.2) is 0 Å². The predicted octanol–water partition coefficient (Wildman–Crippen LogP) is 3.14. The maximum absolute atomic E-state index is 13.1. The van der Waals surface area contributed by atoms with Crippen molar-refractivity contribution >= 4 is 21.7 Å². The summed E-state index contributed by atoms with van der Waals surface area (Å²) in [5, 5.41) is -0.360. The molecule has 1 atom stereocenters. The summed E-state index contributed by atoms with van der Waals surface area (Å²) in [7, 11) is -3.30. The fourth-order valence-electron chi connectivity index (χ4n) is 5.33. The first-order chi connectivity index (χ1) is 15.2. The van der Waals surface area contributed by atoms with Crippen LogP contribution >= 0.6 is 0 Å². The average molecular weight is 472 g/mol. The maximum atomic E-state index is 13.1. The largest absolute Gasteiger partial charge is 0.343 e. The molecular weight excluding hydrogens is 426 g/mol. The van der Waals surface area contributed by atoms with Crippen molar-refractivity contribution in [1.82, 2.24) is 14.1 Å². The van der Waals surface area contributed by atoms with Crippen LogP contribution in [0.3, 0.4) is 0 Å². The van der Waals surface area contributed by atoms with Crippen LogP contribution < -0.4 is 0 Å². The van der Waals surface area contributed by atoms with Gasteiger partial charge in [0, 0.05) is 64.1 Å². The maximum Gasteiger partial charge on any atom is 0.219 e. The van der Waals surface area contributed by atoms with E-state index in [1.54, 1.807) is 16.1 Å². The zero-order valence-electron chi connectivity index (χ0n) is 20.9. The molecule has 1 saturated carbocycles. The highest BCUT2D eigenvalue weighted by Crippen LogP contribution is 2.31. The van der Waals surface area contributed by atoms with Gasteiger partial charge in [0.1, 0.15) is 5.78 Å². The van der Waals surface area contributed by atoms with Crippen molar-refractivity contribution in [3.05, 3.63) is 0 Å². The number of piperazine rings is 1. The first kappa shape index (κ1) is 27.3. The van der Waals surface area contributed by atoms with Crippen molar-refractivity contribution in [2.24, 2.45) is 11.8 Å². The van der Waals surface area contributed by atoms with Crippen LogP contribution in [0.5, 0.6) is 0 Å². The van der Waals surface area contributed by atoms with Crippen LogP contribution in [0.25, 0.3) is 0 Å². The van der Waals surface area contributed by atoms with Gasteiger partial charge in [-0.05, 0) is 44.9 Å². The van der Waals surface area contributed by atoms with Gasteiger partial charge in [0.25, 0.3) is 0 Å². The molecule has 0 spiro atoms. The normalized spacial score (nSPS) is 27.3. The first-order valence-corrected chi connectivity index (χ1v) is 14.3. The van der Waals surface area contributed by atoms with Crippen LogP contribution in [0.1, 0.15) is 79.6 Å². The van der Waals surface area contributed by atoms with Crippen molar-refractivity contribution in [2.45, 2.75) is 90.9 Å². The number of piperidine rings is 1. The van der Waals surface area contributed by atoms with Crippen LogP contribution in [-0.4, -0.2) is 84.8 Å². The van der Waals surface area contributed by atoms with E-state index in [0.717, 1.165) is 45.2 Å². The van der Waals surface area contributed by atoms with Gasteiger partial charge in [-0.1, -0.05) is 27.7 Å². The third-order valence-electron chi connectivity index (χ3n) is 7.66. The minimum atomic E-state index is -3.30. The van der Waals surface area contributed by atoms with Gasteiger partial charge < -0.3 is 4.90 Å². The van der Waals surface area contributed by atoms with E-state index >= 15 is 0 Å². The molecule has 1 aliphatic carbocycles. The van der Waals surface area contributed by atoms with Crippen molar-refractivity contribution in [3.8, 4) is 0 Å². The second kappa shape index (κ2) is 12.5. The quantitative estimate of drug-likeness (QED) is 0.595. The Balaban J connectivity index is 0.00000176. The number of rotatable bonds is 6. The molecule has 8 heteroatoms. The van der Waals surface area contributed by atoms with Crippen LogP contribution in [0.2, 0.25) is 0 Å². The molecule has 32 heavy (non-hydrogen) atoms. The van der Waals surface area contributed by atoms with E-state index in [9.17, 15) is 18.0 Å². The number of carbonyl (C=O) groups is 2. The fraction of sp³-hybridized carbons (Fsp3) is 0.917. The highest BCUT2D eigenvalue weighted by atomic mass is 32.2. The number of amides is 1. The molecule has 0 aromatic carbocycles. The van der Waals surface area contributed by atoms with E-state index < -0.39 is 10.0 Å². The number of hydrogen-bond acceptors (Lipinski definition) is 5. The van der Waals surface area contributed by atoms with E-state index in [4.69, 9.17) is 0 Å². The third kappa shape index (κ3) is 6.54. The Hall–Kier alpha value is -0.990. The predicted molar refractivity (Wildman–Crippen MR) is 129 cm³/mol. The van der Waals surface area contributed by atoms with Gasteiger partial charge in [-0.3, -0.25) is 14.5 Å². The lowest BCUT2D eigenvalue weighted by molar-refractivity contribution is -0.129. The lowest BCUT2D eigenvalue weighted by Gasteiger charge is -2.42. The highest BCUT2D eigenvalue weighted by molar-refractivity contribution is 7.89. The molecule has 2 saturated heterocycles. The smallest absolute Gasteiger partial charge is 0.219 e. The van der Waals surface area contributed by atoms with Gasteiger partial charge in [-0.15, -0.1) is 0 Å². The van der Waals surface area contributed by atoms with Crippen molar-refractivity contribution in [2.75, 3.05) is 39.3 Å². The zero-order chi connectivity index (χ0) is 23.9. The van der Waals surface area contributed by atoms with Gasteiger partial charge in [0.15, 0.2) is 0 Å². The summed E-state index contributed by atoms with van der Waals surface area (Å²) in [6.07, 6.45) is 6.03. The molecule has 2 aliphatic heterocycles. The third-order valence-corrected chi connectivity index (χ3v) is 10.1. The molecule has 186 valence electrons. The monoisotopic (exact) mass is 471 g/mol. The van der Waals surface area contributed by atoms with Gasteiger partial charge in [-0.25, -0.2) is 8.42 Å². The highest BCUT2D eigenvalue weighted by Gasteiger charge is 2.38. The van der Waals surface area contributed by atoms with Crippen molar-refractivity contribution < 1.29 is 18.0 Å². The van der Waals surface area contributed by atoms with E-state index in [1.165, 1.54) is 0 Å². The first-order valence-electron chi connectivity index (χ1n) is 12.8. The second-order valence-corrected chi connectivity index (χ2v) is 11.6. The summed E-state index contributed by atoms with van der Waals surface area (Å²) in [4.78, 5) is 28.1. The topological polar surface area (TPSA) is 78.0 Å². The number of sulfonamides is 1. The second-order valence-electron chi connectivity index (χ2n) is 9.40. The summed E-state index contributed by atoms with van der Waals surface area (Å²) in [6.45, 7) is 13.4. The number of Topliss-reactive ketones (excluding diaryl/α,β-unsaturated/α-hetero) is 1.